The van der Waals surface area contributed by atoms with Crippen LogP contribution in [0, 0.1) is 5.92 Å². The molecule has 1 N–H and O–H groups in total. The number of carbonyl (C=O) groups excluding carboxylic acids is 2. The second-order valence-electron chi connectivity index (χ2n) is 8.48. The topological polar surface area (TPSA) is 55.9 Å². The zero-order valence-electron chi connectivity index (χ0n) is 16.7. The van der Waals surface area contributed by atoms with Crippen LogP contribution in [0.2, 0.25) is 0 Å². The Bertz CT molecular complexity index is 660. The molecule has 28 heavy (non-hydrogen) atoms. The summed E-state index contributed by atoms with van der Waals surface area (Å²) in [7, 11) is 0. The average molecular weight is 385 g/mol. The third-order valence-electron chi connectivity index (χ3n) is 6.21. The summed E-state index contributed by atoms with van der Waals surface area (Å²) in [5.41, 5.74) is 1.33. The number of nitrogens with one attached hydrogen (secondary N) is 1. The number of piperidine rings is 1. The molecule has 1 aromatic carbocycles. The molecule has 3 aliphatic rings. The van der Waals surface area contributed by atoms with Crippen molar-refractivity contribution in [3.63, 3.8) is 0 Å². The highest BCUT2D eigenvalue weighted by molar-refractivity contribution is 5.80. The number of carbonyl (C=O) groups is 2. The fraction of sp³-hybridized carbons (Fsp3) is 0.636. The first-order valence-corrected chi connectivity index (χ1v) is 10.7. The highest BCUT2D eigenvalue weighted by atomic mass is 16.2. The normalized spacial score (nSPS) is 22.2. The summed E-state index contributed by atoms with van der Waals surface area (Å²) in [4.78, 5) is 31.5. The van der Waals surface area contributed by atoms with Gasteiger partial charge in [0, 0.05) is 44.7 Å². The van der Waals surface area contributed by atoms with Crippen LogP contribution >= 0.6 is 0 Å². The first kappa shape index (κ1) is 19.4. The lowest BCUT2D eigenvalue weighted by Crippen LogP contribution is -2.52. The Morgan fingerprint density at radius 1 is 0.857 bits per heavy atom. The average Bonchev–Trinajstić information content (AvgIpc) is 3.54. The van der Waals surface area contributed by atoms with Crippen LogP contribution in [0.3, 0.4) is 0 Å². The van der Waals surface area contributed by atoms with Crippen LogP contribution in [-0.4, -0.2) is 78.4 Å². The monoisotopic (exact) mass is 384 g/mol. The first-order chi connectivity index (χ1) is 13.7. The van der Waals surface area contributed by atoms with E-state index in [-0.39, 0.29) is 17.7 Å². The second-order valence-corrected chi connectivity index (χ2v) is 8.48. The lowest BCUT2D eigenvalue weighted by Gasteiger charge is -2.37. The van der Waals surface area contributed by atoms with Gasteiger partial charge in [0.1, 0.15) is 0 Å². The van der Waals surface area contributed by atoms with Gasteiger partial charge in [-0.3, -0.25) is 19.4 Å². The summed E-state index contributed by atoms with van der Waals surface area (Å²) in [6.45, 7) is 6.64. The summed E-state index contributed by atoms with van der Waals surface area (Å²) >= 11 is 0. The molecule has 152 valence electrons. The van der Waals surface area contributed by atoms with Crippen LogP contribution in [0.25, 0.3) is 0 Å². The van der Waals surface area contributed by atoms with Crippen molar-refractivity contribution in [1.82, 2.24) is 20.0 Å². The number of likely N-dealkylation sites (tertiary alicyclic amines) is 1. The van der Waals surface area contributed by atoms with Crippen molar-refractivity contribution in [1.29, 1.82) is 0 Å². The molecule has 0 aromatic heterocycles. The molecule has 6 heteroatoms. The van der Waals surface area contributed by atoms with Crippen LogP contribution in [0.5, 0.6) is 0 Å². The molecule has 4 rings (SSSR count). The Kier molecular flexibility index (Phi) is 6.27. The van der Waals surface area contributed by atoms with Gasteiger partial charge < -0.3 is 10.2 Å². The van der Waals surface area contributed by atoms with E-state index in [0.717, 1.165) is 71.5 Å². The van der Waals surface area contributed by atoms with Crippen molar-refractivity contribution in [2.75, 3.05) is 45.8 Å². The third kappa shape index (κ3) is 5.32. The summed E-state index contributed by atoms with van der Waals surface area (Å²) in [6, 6.07) is 11.0. The Morgan fingerprint density at radius 3 is 2.18 bits per heavy atom. The van der Waals surface area contributed by atoms with Gasteiger partial charge in [-0.05, 0) is 44.3 Å². The number of benzene rings is 1. The second kappa shape index (κ2) is 9.05. The highest BCUT2D eigenvalue weighted by Crippen LogP contribution is 2.22. The molecular formula is C22H32N4O2. The number of hydrogen-bond donors (Lipinski definition) is 1. The van der Waals surface area contributed by atoms with Gasteiger partial charge in [-0.15, -0.1) is 0 Å². The van der Waals surface area contributed by atoms with Crippen LogP contribution < -0.4 is 5.32 Å². The summed E-state index contributed by atoms with van der Waals surface area (Å²) in [5.74, 6) is 0.594. The Labute approximate surface area is 167 Å². The molecule has 2 saturated heterocycles. The van der Waals surface area contributed by atoms with Crippen molar-refractivity contribution in [2.24, 2.45) is 5.92 Å². The van der Waals surface area contributed by atoms with Crippen molar-refractivity contribution in [2.45, 2.75) is 38.3 Å². The molecule has 0 bridgehead atoms. The highest BCUT2D eigenvalue weighted by Gasteiger charge is 2.31. The van der Waals surface area contributed by atoms with Crippen molar-refractivity contribution in [3.8, 4) is 0 Å². The van der Waals surface area contributed by atoms with Crippen LogP contribution in [0.4, 0.5) is 0 Å². The fourth-order valence-corrected chi connectivity index (χ4v) is 4.19. The van der Waals surface area contributed by atoms with E-state index in [4.69, 9.17) is 0 Å². The van der Waals surface area contributed by atoms with E-state index >= 15 is 0 Å². The van der Waals surface area contributed by atoms with Gasteiger partial charge in [0.15, 0.2) is 0 Å². The Morgan fingerprint density at radius 2 is 1.54 bits per heavy atom. The fourth-order valence-electron chi connectivity index (χ4n) is 4.19. The van der Waals surface area contributed by atoms with Gasteiger partial charge in [0.2, 0.25) is 11.8 Å². The van der Waals surface area contributed by atoms with E-state index in [1.807, 2.05) is 11.0 Å². The Hall–Kier alpha value is -1.92. The molecule has 3 fully saturated rings. The third-order valence-corrected chi connectivity index (χ3v) is 6.21. The SMILES string of the molecule is O=C(NC1CC1)C1CCN(CC(=O)N2CCN(Cc3ccccc3)CC2)CC1. The molecule has 1 saturated carbocycles. The minimum Gasteiger partial charge on any atom is -0.353 e. The molecule has 2 amide bonds. The van der Waals surface area contributed by atoms with E-state index in [0.29, 0.717) is 12.6 Å². The predicted molar refractivity (Wildman–Crippen MR) is 109 cm³/mol. The molecule has 1 aliphatic carbocycles. The molecule has 2 heterocycles. The number of amides is 2. The standard InChI is InChI=1S/C22H32N4O2/c27-21(17-24-10-8-19(9-11-24)22(28)23-20-6-7-20)26-14-12-25(13-15-26)16-18-4-2-1-3-5-18/h1-5,19-20H,6-17H2,(H,23,28). The number of hydrogen-bond acceptors (Lipinski definition) is 4. The van der Waals surface area contributed by atoms with Gasteiger partial charge in [0.05, 0.1) is 6.54 Å². The van der Waals surface area contributed by atoms with E-state index in [1.165, 1.54) is 5.56 Å². The van der Waals surface area contributed by atoms with Gasteiger partial charge in [-0.2, -0.15) is 0 Å². The molecular weight excluding hydrogens is 352 g/mol. The lowest BCUT2D eigenvalue weighted by molar-refractivity contribution is -0.134. The predicted octanol–water partition coefficient (Wildman–Crippen LogP) is 1.32. The summed E-state index contributed by atoms with van der Waals surface area (Å²) < 4.78 is 0. The zero-order chi connectivity index (χ0) is 19.3. The van der Waals surface area contributed by atoms with Crippen molar-refractivity contribution in [3.05, 3.63) is 35.9 Å². The van der Waals surface area contributed by atoms with E-state index in [1.54, 1.807) is 0 Å². The quantitative estimate of drug-likeness (QED) is 0.804. The first-order valence-electron chi connectivity index (χ1n) is 10.7. The molecule has 0 unspecified atom stereocenters. The summed E-state index contributed by atoms with van der Waals surface area (Å²) in [5, 5.41) is 3.12. The molecule has 0 spiro atoms. The maximum Gasteiger partial charge on any atom is 0.236 e. The van der Waals surface area contributed by atoms with E-state index in [2.05, 4.69) is 39.4 Å². The molecule has 1 aromatic rings. The number of nitrogens with zero attached hydrogens (tertiary/aromatic N) is 3. The molecule has 0 radical (unpaired) electrons. The van der Waals surface area contributed by atoms with Crippen LogP contribution in [0.15, 0.2) is 30.3 Å². The Balaban J connectivity index is 1.15. The van der Waals surface area contributed by atoms with Crippen LogP contribution in [0.1, 0.15) is 31.2 Å². The van der Waals surface area contributed by atoms with Gasteiger partial charge >= 0.3 is 0 Å². The minimum absolute atomic E-state index is 0.133. The number of piperazine rings is 1. The molecule has 2 aliphatic heterocycles. The van der Waals surface area contributed by atoms with E-state index in [9.17, 15) is 9.59 Å². The maximum atomic E-state index is 12.7. The van der Waals surface area contributed by atoms with Crippen LogP contribution in [-0.2, 0) is 16.1 Å². The van der Waals surface area contributed by atoms with Gasteiger partial charge in [-0.25, -0.2) is 0 Å². The largest absolute Gasteiger partial charge is 0.353 e. The number of rotatable bonds is 6. The maximum absolute atomic E-state index is 12.7. The van der Waals surface area contributed by atoms with Crippen molar-refractivity contribution < 1.29 is 9.59 Å². The van der Waals surface area contributed by atoms with Gasteiger partial charge in [-0.1, -0.05) is 30.3 Å². The van der Waals surface area contributed by atoms with Crippen molar-refractivity contribution >= 4 is 11.8 Å². The zero-order valence-corrected chi connectivity index (χ0v) is 16.7. The molecule has 0 atom stereocenters. The lowest BCUT2D eigenvalue weighted by atomic mass is 9.96. The van der Waals surface area contributed by atoms with E-state index < -0.39 is 0 Å². The molecule has 6 nitrogen and oxygen atoms in total. The minimum atomic E-state index is 0.133. The van der Waals surface area contributed by atoms with Gasteiger partial charge in [0.25, 0.3) is 0 Å². The summed E-state index contributed by atoms with van der Waals surface area (Å²) in [6.07, 6.45) is 4.02. The smallest absolute Gasteiger partial charge is 0.236 e.